The van der Waals surface area contributed by atoms with Gasteiger partial charge in [-0.2, -0.15) is 0 Å². The van der Waals surface area contributed by atoms with Gasteiger partial charge in [0.05, 0.1) is 6.61 Å². The molecule has 2 aliphatic heterocycles. The molecule has 6 atom stereocenters. The normalized spacial score (nSPS) is 39.1. The molecule has 2 saturated heterocycles. The van der Waals surface area contributed by atoms with Gasteiger partial charge in [0.2, 0.25) is 0 Å². The summed E-state index contributed by atoms with van der Waals surface area (Å²) in [4.78, 5) is 2.59. The lowest BCUT2D eigenvalue weighted by molar-refractivity contribution is -0.327. The Hall–Kier alpha value is -1.67. The molecule has 0 aromatic heterocycles. The first-order chi connectivity index (χ1) is 10.2. The van der Waals surface area contributed by atoms with Crippen molar-refractivity contribution in [2.24, 2.45) is 5.11 Å². The lowest BCUT2D eigenvalue weighted by Gasteiger charge is -2.45. The van der Waals surface area contributed by atoms with Crippen molar-refractivity contribution >= 4 is 0 Å². The third-order valence-corrected chi connectivity index (χ3v) is 3.59. The average Bonchev–Trinajstić information content (AvgIpc) is 2.53. The lowest BCUT2D eigenvalue weighted by atomic mass is 9.97. The summed E-state index contributed by atoms with van der Waals surface area (Å²) in [6.07, 6.45) is -5.67. The van der Waals surface area contributed by atoms with E-state index in [9.17, 15) is 10.2 Å². The quantitative estimate of drug-likeness (QED) is 0.476. The molecule has 1 aromatic carbocycles. The molecule has 0 amide bonds. The van der Waals surface area contributed by atoms with Crippen LogP contribution < -0.4 is 0 Å². The van der Waals surface area contributed by atoms with Crippen molar-refractivity contribution in [3.8, 4) is 0 Å². The van der Waals surface area contributed by atoms with Gasteiger partial charge in [-0.25, -0.2) is 0 Å². The number of hydrogen-bond donors (Lipinski definition) is 2. The number of aliphatic hydroxyl groups is 2. The summed E-state index contributed by atoms with van der Waals surface area (Å²) in [6.45, 7) is 0.172. The summed E-state index contributed by atoms with van der Waals surface area (Å²) in [5.41, 5.74) is 9.25. The van der Waals surface area contributed by atoms with E-state index in [4.69, 9.17) is 19.7 Å². The molecule has 21 heavy (non-hydrogen) atoms. The number of aliphatic hydroxyl groups excluding tert-OH is 2. The molecule has 112 valence electrons. The number of fused-ring (bicyclic) bond motifs is 1. The maximum absolute atomic E-state index is 10.1. The number of nitrogens with zero attached hydrogens (tertiary/aromatic N) is 3. The Bertz CT molecular complexity index is 534. The third-order valence-electron chi connectivity index (χ3n) is 3.59. The lowest BCUT2D eigenvalue weighted by Crippen LogP contribution is -2.61. The summed E-state index contributed by atoms with van der Waals surface area (Å²) < 4.78 is 16.7. The van der Waals surface area contributed by atoms with Gasteiger partial charge in [0, 0.05) is 10.5 Å². The molecule has 0 spiro atoms. The molecule has 2 heterocycles. The maximum atomic E-state index is 10.1. The minimum atomic E-state index is -1.34. The molecule has 2 aliphatic rings. The van der Waals surface area contributed by atoms with Crippen LogP contribution in [0.25, 0.3) is 10.4 Å². The zero-order valence-electron chi connectivity index (χ0n) is 11.0. The Morgan fingerprint density at radius 3 is 2.62 bits per heavy atom. The van der Waals surface area contributed by atoms with Crippen LogP contribution in [-0.4, -0.2) is 47.5 Å². The molecule has 0 saturated carbocycles. The molecule has 3 rings (SSSR count). The summed E-state index contributed by atoms with van der Waals surface area (Å²) in [7, 11) is 0. The van der Waals surface area contributed by atoms with Gasteiger partial charge in [0.25, 0.3) is 0 Å². The molecule has 2 fully saturated rings. The van der Waals surface area contributed by atoms with Crippen molar-refractivity contribution in [2.75, 3.05) is 6.61 Å². The first-order valence-corrected chi connectivity index (χ1v) is 6.58. The average molecular weight is 293 g/mol. The van der Waals surface area contributed by atoms with Crippen molar-refractivity contribution in [2.45, 2.75) is 36.9 Å². The fourth-order valence-corrected chi connectivity index (χ4v) is 2.52. The van der Waals surface area contributed by atoms with E-state index in [-0.39, 0.29) is 6.61 Å². The van der Waals surface area contributed by atoms with Crippen LogP contribution in [-0.2, 0) is 14.2 Å². The number of ether oxygens (including phenoxy) is 3. The highest BCUT2D eigenvalue weighted by atomic mass is 16.7. The van der Waals surface area contributed by atoms with Crippen LogP contribution in [0.2, 0.25) is 0 Å². The van der Waals surface area contributed by atoms with Crippen LogP contribution >= 0.6 is 0 Å². The van der Waals surface area contributed by atoms with Crippen LogP contribution in [0.3, 0.4) is 0 Å². The molecule has 1 aromatic rings. The van der Waals surface area contributed by atoms with E-state index in [0.29, 0.717) is 0 Å². The Morgan fingerprint density at radius 1 is 1.14 bits per heavy atom. The van der Waals surface area contributed by atoms with Crippen molar-refractivity contribution < 1.29 is 24.4 Å². The second-order valence-electron chi connectivity index (χ2n) is 4.93. The molecular formula is C13H15N3O5. The molecule has 2 N–H and O–H groups in total. The van der Waals surface area contributed by atoms with E-state index in [1.165, 1.54) is 0 Å². The van der Waals surface area contributed by atoms with Gasteiger partial charge < -0.3 is 24.4 Å². The predicted octanol–water partition coefficient (Wildman–Crippen LogP) is 0.858. The van der Waals surface area contributed by atoms with Crippen LogP contribution in [0.15, 0.2) is 35.4 Å². The fraction of sp³-hybridized carbons (Fsp3) is 0.538. The summed E-state index contributed by atoms with van der Waals surface area (Å²) in [5, 5.41) is 23.4. The minimum absolute atomic E-state index is 0.172. The Balaban J connectivity index is 1.76. The minimum Gasteiger partial charge on any atom is -0.387 e. The van der Waals surface area contributed by atoms with Gasteiger partial charge in [0.1, 0.15) is 24.4 Å². The predicted molar refractivity (Wildman–Crippen MR) is 69.8 cm³/mol. The van der Waals surface area contributed by atoms with E-state index in [0.717, 1.165) is 5.56 Å². The SMILES string of the molecule is [N-]=[N+]=N[C@H]1O[C@@H]2COC(c3ccccc3)O[C@H]2[C@H](O)[C@H]1O. The zero-order valence-corrected chi connectivity index (χ0v) is 11.0. The molecule has 0 bridgehead atoms. The second kappa shape index (κ2) is 5.98. The highest BCUT2D eigenvalue weighted by molar-refractivity contribution is 5.16. The van der Waals surface area contributed by atoms with Gasteiger partial charge in [0.15, 0.2) is 12.5 Å². The highest BCUT2D eigenvalue weighted by Crippen LogP contribution is 2.34. The van der Waals surface area contributed by atoms with Gasteiger partial charge in [-0.1, -0.05) is 35.4 Å². The number of hydrogen-bond acceptors (Lipinski definition) is 6. The van der Waals surface area contributed by atoms with Crippen LogP contribution in [0.5, 0.6) is 0 Å². The van der Waals surface area contributed by atoms with Crippen molar-refractivity contribution in [3.05, 3.63) is 46.3 Å². The molecule has 1 unspecified atom stereocenters. The van der Waals surface area contributed by atoms with Crippen LogP contribution in [0.1, 0.15) is 11.9 Å². The smallest absolute Gasteiger partial charge is 0.184 e. The molecular weight excluding hydrogens is 278 g/mol. The van der Waals surface area contributed by atoms with Gasteiger partial charge >= 0.3 is 0 Å². The largest absolute Gasteiger partial charge is 0.387 e. The van der Waals surface area contributed by atoms with Crippen LogP contribution in [0.4, 0.5) is 0 Å². The summed E-state index contributed by atoms with van der Waals surface area (Å²) in [5.74, 6) is 0. The van der Waals surface area contributed by atoms with Gasteiger partial charge in [-0.15, -0.1) is 0 Å². The first-order valence-electron chi connectivity index (χ1n) is 6.58. The number of rotatable bonds is 2. The van der Waals surface area contributed by atoms with E-state index in [1.54, 1.807) is 0 Å². The van der Waals surface area contributed by atoms with Gasteiger partial charge in [-0.05, 0) is 5.53 Å². The first kappa shape index (κ1) is 14.3. The zero-order chi connectivity index (χ0) is 14.8. The topological polar surface area (TPSA) is 117 Å². The van der Waals surface area contributed by atoms with E-state index < -0.39 is 36.9 Å². The van der Waals surface area contributed by atoms with Crippen molar-refractivity contribution in [1.29, 1.82) is 0 Å². The van der Waals surface area contributed by atoms with Crippen molar-refractivity contribution in [1.82, 2.24) is 0 Å². The summed E-state index contributed by atoms with van der Waals surface area (Å²) in [6, 6.07) is 9.28. The van der Waals surface area contributed by atoms with E-state index in [1.807, 2.05) is 30.3 Å². The highest BCUT2D eigenvalue weighted by Gasteiger charge is 2.48. The maximum Gasteiger partial charge on any atom is 0.184 e. The number of azide groups is 1. The monoisotopic (exact) mass is 293 g/mol. The van der Waals surface area contributed by atoms with E-state index >= 15 is 0 Å². The summed E-state index contributed by atoms with van der Waals surface area (Å²) >= 11 is 0. The number of benzene rings is 1. The Morgan fingerprint density at radius 2 is 1.90 bits per heavy atom. The van der Waals surface area contributed by atoms with Crippen LogP contribution in [0, 0.1) is 0 Å². The molecule has 0 aliphatic carbocycles. The van der Waals surface area contributed by atoms with Crippen molar-refractivity contribution in [3.63, 3.8) is 0 Å². The standard InChI is InChI=1S/C13H15N3O5/c14-16-15-12-10(18)9(17)11-8(20-12)6-19-13(21-11)7-4-2-1-3-5-7/h1-5,8-13,17-18H,6H2/t8-,9-,10-,11-,12+,13?/m1/s1. The third kappa shape index (κ3) is 2.73. The Kier molecular flexibility index (Phi) is 4.07. The van der Waals surface area contributed by atoms with Gasteiger partial charge in [-0.3, -0.25) is 0 Å². The molecule has 8 heteroatoms. The molecule has 0 radical (unpaired) electrons. The Labute approximate surface area is 120 Å². The fourth-order valence-electron chi connectivity index (χ4n) is 2.52. The second-order valence-corrected chi connectivity index (χ2v) is 4.93. The molecule has 8 nitrogen and oxygen atoms in total. The van der Waals surface area contributed by atoms with E-state index in [2.05, 4.69) is 10.0 Å².